The Kier molecular flexibility index (Phi) is 16.4. The number of ether oxygens (including phenoxy) is 6. The SMILES string of the molecule is C#CCOCCOCCOCCOCCOc1cccc(CNc2nc(Cl)nc3c2cnn3C2CCC(CO)O2)c1.CC(C)(O)O. The number of aliphatic hydroxyl groups excluding tert-OH is 1. The molecule has 2 unspecified atom stereocenters. The summed E-state index contributed by atoms with van der Waals surface area (Å²) in [6.07, 6.45) is 7.79. The van der Waals surface area contributed by atoms with Gasteiger partial charge in [-0.2, -0.15) is 15.1 Å². The zero-order valence-electron chi connectivity index (χ0n) is 26.3. The van der Waals surface area contributed by atoms with Crippen molar-refractivity contribution < 1.29 is 43.7 Å². The molecule has 0 saturated carbocycles. The summed E-state index contributed by atoms with van der Waals surface area (Å²) < 4.78 is 34.9. The Morgan fingerprint density at radius 3 is 2.30 bits per heavy atom. The minimum Gasteiger partial charge on any atom is -0.491 e. The monoisotopic (exact) mass is 665 g/mol. The van der Waals surface area contributed by atoms with Crippen molar-refractivity contribution in [2.24, 2.45) is 0 Å². The molecule has 4 N–H and O–H groups in total. The summed E-state index contributed by atoms with van der Waals surface area (Å²) in [6.45, 7) is 7.13. The van der Waals surface area contributed by atoms with E-state index in [1.54, 1.807) is 10.9 Å². The van der Waals surface area contributed by atoms with Crippen molar-refractivity contribution in [2.45, 2.75) is 51.4 Å². The van der Waals surface area contributed by atoms with Gasteiger partial charge in [-0.3, -0.25) is 0 Å². The third kappa shape index (κ3) is 14.1. The lowest BCUT2D eigenvalue weighted by atomic mass is 10.2. The van der Waals surface area contributed by atoms with Gasteiger partial charge < -0.3 is 49.1 Å². The molecule has 1 aliphatic rings. The maximum Gasteiger partial charge on any atom is 0.226 e. The molecule has 14 nitrogen and oxygen atoms in total. The van der Waals surface area contributed by atoms with E-state index in [9.17, 15) is 5.11 Å². The van der Waals surface area contributed by atoms with Gasteiger partial charge >= 0.3 is 0 Å². The molecule has 0 spiro atoms. The summed E-state index contributed by atoms with van der Waals surface area (Å²) >= 11 is 6.23. The van der Waals surface area contributed by atoms with E-state index in [2.05, 4.69) is 26.3 Å². The normalized spacial score (nSPS) is 16.2. The van der Waals surface area contributed by atoms with Crippen molar-refractivity contribution in [1.29, 1.82) is 0 Å². The van der Waals surface area contributed by atoms with Crippen LogP contribution in [-0.2, 0) is 30.2 Å². The lowest BCUT2D eigenvalue weighted by molar-refractivity contribution is -0.127. The molecule has 1 fully saturated rings. The quantitative estimate of drug-likeness (QED) is 0.0638. The average Bonchev–Trinajstić information content (AvgIpc) is 3.66. The van der Waals surface area contributed by atoms with Gasteiger partial charge in [-0.25, -0.2) is 4.68 Å². The summed E-state index contributed by atoms with van der Waals surface area (Å²) in [5, 5.41) is 34.2. The Bertz CT molecular complexity index is 1340. The number of nitrogens with zero attached hydrogens (tertiary/aromatic N) is 4. The molecule has 2 atom stereocenters. The molecule has 0 bridgehead atoms. The Hall–Kier alpha value is -3.10. The first-order chi connectivity index (χ1) is 22.2. The second-order valence-electron chi connectivity index (χ2n) is 10.6. The van der Waals surface area contributed by atoms with Gasteiger partial charge in [-0.15, -0.1) is 6.42 Å². The Morgan fingerprint density at radius 2 is 1.67 bits per heavy atom. The fraction of sp³-hybridized carbons (Fsp3) is 0.581. The van der Waals surface area contributed by atoms with E-state index in [-0.39, 0.29) is 24.2 Å². The topological polar surface area (TPSA) is 172 Å². The molecule has 2 aromatic heterocycles. The molecule has 3 heterocycles. The van der Waals surface area contributed by atoms with Crippen LogP contribution >= 0.6 is 11.6 Å². The third-order valence-electron chi connectivity index (χ3n) is 6.14. The molecule has 254 valence electrons. The van der Waals surface area contributed by atoms with Gasteiger partial charge in [0.05, 0.1) is 70.5 Å². The first-order valence-corrected chi connectivity index (χ1v) is 15.4. The minimum atomic E-state index is -1.50. The van der Waals surface area contributed by atoms with E-state index in [1.807, 2.05) is 24.3 Å². The Balaban J connectivity index is 0.00000107. The minimum absolute atomic E-state index is 0.0219. The maximum atomic E-state index is 9.38. The zero-order valence-corrected chi connectivity index (χ0v) is 27.0. The highest BCUT2D eigenvalue weighted by atomic mass is 35.5. The fourth-order valence-electron chi connectivity index (χ4n) is 4.19. The largest absolute Gasteiger partial charge is 0.491 e. The first-order valence-electron chi connectivity index (χ1n) is 15.0. The van der Waals surface area contributed by atoms with Crippen molar-refractivity contribution in [1.82, 2.24) is 19.7 Å². The number of fused-ring (bicyclic) bond motifs is 1. The molecule has 1 aromatic carbocycles. The number of rotatable bonds is 19. The van der Waals surface area contributed by atoms with E-state index in [0.717, 1.165) is 29.5 Å². The van der Waals surface area contributed by atoms with Crippen LogP contribution in [0.5, 0.6) is 5.75 Å². The smallest absolute Gasteiger partial charge is 0.226 e. The molecular weight excluding hydrogens is 622 g/mol. The Labute approximate surface area is 273 Å². The molecule has 46 heavy (non-hydrogen) atoms. The van der Waals surface area contributed by atoms with Gasteiger partial charge in [-0.05, 0) is 56.0 Å². The van der Waals surface area contributed by atoms with Crippen LogP contribution in [-0.4, -0.2) is 113 Å². The van der Waals surface area contributed by atoms with Crippen LogP contribution in [0.3, 0.4) is 0 Å². The number of halogens is 1. The lowest BCUT2D eigenvalue weighted by Crippen LogP contribution is -2.15. The summed E-state index contributed by atoms with van der Waals surface area (Å²) in [5.74, 6) is 2.21. The van der Waals surface area contributed by atoms with Crippen LogP contribution in [0, 0.1) is 12.3 Å². The first kappa shape index (κ1) is 37.4. The van der Waals surface area contributed by atoms with Gasteiger partial charge in [-0.1, -0.05) is 18.1 Å². The molecular formula is C31H44ClN5O9. The summed E-state index contributed by atoms with van der Waals surface area (Å²) in [6, 6.07) is 7.78. The summed E-state index contributed by atoms with van der Waals surface area (Å²) in [5.41, 5.74) is 1.58. The van der Waals surface area contributed by atoms with Gasteiger partial charge in [0.15, 0.2) is 17.7 Å². The average molecular weight is 666 g/mol. The van der Waals surface area contributed by atoms with E-state index in [0.29, 0.717) is 77.5 Å². The molecule has 1 saturated heterocycles. The van der Waals surface area contributed by atoms with E-state index >= 15 is 0 Å². The Morgan fingerprint density at radius 1 is 1.02 bits per heavy atom. The van der Waals surface area contributed by atoms with Crippen LogP contribution in [0.25, 0.3) is 11.0 Å². The molecule has 4 rings (SSSR count). The number of hydrogen-bond acceptors (Lipinski definition) is 13. The third-order valence-corrected chi connectivity index (χ3v) is 6.31. The number of aliphatic hydroxyl groups is 3. The highest BCUT2D eigenvalue weighted by Gasteiger charge is 2.28. The van der Waals surface area contributed by atoms with E-state index in [1.165, 1.54) is 13.8 Å². The predicted molar refractivity (Wildman–Crippen MR) is 170 cm³/mol. The predicted octanol–water partition coefficient (Wildman–Crippen LogP) is 2.55. The van der Waals surface area contributed by atoms with E-state index < -0.39 is 5.79 Å². The van der Waals surface area contributed by atoms with Gasteiger partial charge in [0, 0.05) is 6.54 Å². The number of aromatic nitrogens is 4. The van der Waals surface area contributed by atoms with Crippen molar-refractivity contribution in [3.05, 3.63) is 41.3 Å². The number of hydrogen-bond donors (Lipinski definition) is 4. The van der Waals surface area contributed by atoms with Gasteiger partial charge in [0.1, 0.15) is 24.8 Å². The molecule has 0 aliphatic carbocycles. The van der Waals surface area contributed by atoms with Gasteiger partial charge in [0.2, 0.25) is 5.28 Å². The highest BCUT2D eigenvalue weighted by Crippen LogP contribution is 2.32. The van der Waals surface area contributed by atoms with Gasteiger partial charge in [0.25, 0.3) is 0 Å². The highest BCUT2D eigenvalue weighted by molar-refractivity contribution is 6.28. The number of terminal acetylenes is 1. The molecule has 0 amide bonds. The van der Waals surface area contributed by atoms with Crippen LogP contribution in [0.4, 0.5) is 5.82 Å². The van der Waals surface area contributed by atoms with Crippen LogP contribution in [0.1, 0.15) is 38.5 Å². The van der Waals surface area contributed by atoms with Crippen molar-refractivity contribution in [2.75, 3.05) is 71.4 Å². The van der Waals surface area contributed by atoms with Crippen LogP contribution in [0.2, 0.25) is 5.28 Å². The molecule has 15 heteroatoms. The number of anilines is 1. The van der Waals surface area contributed by atoms with Crippen molar-refractivity contribution in [3.63, 3.8) is 0 Å². The van der Waals surface area contributed by atoms with Crippen LogP contribution in [0.15, 0.2) is 30.5 Å². The second kappa shape index (κ2) is 20.2. The standard InChI is InChI=1S/C28H36ClN5O7.C3H8O2/c1-2-8-36-9-10-37-11-12-38-13-14-39-15-16-40-22-5-3-4-21(17-22)18-30-26-24-19-31-34(27(24)33-28(29)32-26)25-7-6-23(20-35)41-25;1-3(2,4)5/h1,3-5,17,19,23,25,35H,6-16,18,20H2,(H,30,32,33);4-5H,1-2H3. The van der Waals surface area contributed by atoms with Crippen molar-refractivity contribution in [3.8, 4) is 18.1 Å². The fourth-order valence-corrected chi connectivity index (χ4v) is 4.35. The zero-order chi connectivity index (χ0) is 33.2. The van der Waals surface area contributed by atoms with Crippen LogP contribution < -0.4 is 10.1 Å². The van der Waals surface area contributed by atoms with Crippen molar-refractivity contribution >= 4 is 28.5 Å². The summed E-state index contributed by atoms with van der Waals surface area (Å²) in [4.78, 5) is 8.73. The summed E-state index contributed by atoms with van der Waals surface area (Å²) in [7, 11) is 0. The second-order valence-corrected chi connectivity index (χ2v) is 10.9. The number of benzene rings is 1. The molecule has 0 radical (unpaired) electrons. The lowest BCUT2D eigenvalue weighted by Gasteiger charge is -2.14. The van der Waals surface area contributed by atoms with E-state index in [4.69, 9.17) is 56.7 Å². The number of nitrogens with one attached hydrogen (secondary N) is 1. The molecule has 3 aromatic rings. The maximum absolute atomic E-state index is 9.38. The molecule has 1 aliphatic heterocycles.